The first kappa shape index (κ1) is 18.9. The van der Waals surface area contributed by atoms with Gasteiger partial charge in [-0.1, -0.05) is 26.2 Å². The third-order valence-electron chi connectivity index (χ3n) is 4.53. The molecule has 1 aliphatic heterocycles. The van der Waals surface area contributed by atoms with E-state index >= 15 is 0 Å². The van der Waals surface area contributed by atoms with E-state index in [0.717, 1.165) is 38.5 Å². The minimum Gasteiger partial charge on any atom is -0.352 e. The lowest BCUT2D eigenvalue weighted by Crippen LogP contribution is -2.41. The van der Waals surface area contributed by atoms with Crippen LogP contribution in [0.1, 0.15) is 62.7 Å². The maximum Gasteiger partial charge on any atom is 0.251 e. The molecule has 1 aromatic carbocycles. The first-order valence-corrected chi connectivity index (χ1v) is 10.3. The molecule has 6 heteroatoms. The van der Waals surface area contributed by atoms with Gasteiger partial charge in [-0.2, -0.15) is 4.31 Å². The molecule has 1 aliphatic rings. The Morgan fingerprint density at radius 2 is 1.92 bits per heavy atom. The van der Waals surface area contributed by atoms with Gasteiger partial charge in [0.05, 0.1) is 4.90 Å². The van der Waals surface area contributed by atoms with Crippen LogP contribution >= 0.6 is 0 Å². The maximum atomic E-state index is 12.7. The van der Waals surface area contributed by atoms with Gasteiger partial charge in [-0.05, 0) is 50.5 Å². The normalized spacial score (nSPS) is 19.2. The van der Waals surface area contributed by atoms with Gasteiger partial charge in [0.25, 0.3) is 5.91 Å². The van der Waals surface area contributed by atoms with E-state index in [0.29, 0.717) is 18.7 Å². The summed E-state index contributed by atoms with van der Waals surface area (Å²) in [7, 11) is -3.48. The van der Waals surface area contributed by atoms with Crippen molar-refractivity contribution in [3.63, 3.8) is 0 Å². The summed E-state index contributed by atoms with van der Waals surface area (Å²) >= 11 is 0. The molecule has 0 aliphatic carbocycles. The van der Waals surface area contributed by atoms with E-state index in [4.69, 9.17) is 0 Å². The van der Waals surface area contributed by atoms with Crippen molar-refractivity contribution >= 4 is 15.9 Å². The fraction of sp³-hybridized carbons (Fsp3) is 0.611. The average molecular weight is 353 g/mol. The fourth-order valence-electron chi connectivity index (χ4n) is 3.02. The molecule has 0 bridgehead atoms. The zero-order valence-electron chi connectivity index (χ0n) is 14.6. The number of nitrogens with zero attached hydrogens (tertiary/aromatic N) is 1. The summed E-state index contributed by atoms with van der Waals surface area (Å²) in [6, 6.07) is 6.30. The van der Waals surface area contributed by atoms with E-state index in [1.807, 2.05) is 6.92 Å². The number of benzene rings is 1. The zero-order valence-corrected chi connectivity index (χ0v) is 15.4. The molecule has 5 nitrogen and oxygen atoms in total. The molecule has 2 rings (SSSR count). The Bertz CT molecular complexity index is 641. The molecule has 1 heterocycles. The van der Waals surface area contributed by atoms with Crippen LogP contribution in [0.4, 0.5) is 0 Å². The second-order valence-corrected chi connectivity index (χ2v) is 8.34. The molecule has 1 aromatic rings. The molecular weight excluding hydrogens is 324 g/mol. The van der Waals surface area contributed by atoms with Gasteiger partial charge in [0, 0.05) is 24.7 Å². The molecule has 134 valence electrons. The van der Waals surface area contributed by atoms with Gasteiger partial charge in [-0.25, -0.2) is 8.42 Å². The van der Waals surface area contributed by atoms with Gasteiger partial charge < -0.3 is 5.32 Å². The zero-order chi connectivity index (χ0) is 17.6. The fourth-order valence-corrected chi connectivity index (χ4v) is 4.72. The molecule has 0 saturated carbocycles. The van der Waals surface area contributed by atoms with Crippen molar-refractivity contribution in [3.8, 4) is 0 Å². The van der Waals surface area contributed by atoms with E-state index in [1.54, 1.807) is 16.4 Å². The molecule has 0 spiro atoms. The van der Waals surface area contributed by atoms with Crippen molar-refractivity contribution in [2.24, 2.45) is 0 Å². The van der Waals surface area contributed by atoms with Gasteiger partial charge >= 0.3 is 0 Å². The van der Waals surface area contributed by atoms with Crippen LogP contribution in [0.3, 0.4) is 0 Å². The highest BCUT2D eigenvalue weighted by Gasteiger charge is 2.30. The van der Waals surface area contributed by atoms with Gasteiger partial charge in [-0.15, -0.1) is 0 Å². The number of sulfonamides is 1. The first-order chi connectivity index (χ1) is 11.5. The molecule has 1 N–H and O–H groups in total. The predicted octanol–water partition coefficient (Wildman–Crippen LogP) is 3.17. The van der Waals surface area contributed by atoms with E-state index in [2.05, 4.69) is 12.2 Å². The van der Waals surface area contributed by atoms with E-state index in [-0.39, 0.29) is 16.8 Å². The lowest BCUT2D eigenvalue weighted by molar-refractivity contribution is 0.0953. The Morgan fingerprint density at radius 3 is 2.54 bits per heavy atom. The Hall–Kier alpha value is -1.40. The summed E-state index contributed by atoms with van der Waals surface area (Å²) in [5.74, 6) is -0.151. The minimum absolute atomic E-state index is 0.0327. The van der Waals surface area contributed by atoms with Crippen molar-refractivity contribution in [3.05, 3.63) is 29.8 Å². The van der Waals surface area contributed by atoms with Crippen LogP contribution in [-0.4, -0.2) is 37.8 Å². The molecule has 0 radical (unpaired) electrons. The number of unbranched alkanes of at least 4 members (excludes halogenated alkanes) is 2. The van der Waals surface area contributed by atoms with Crippen LogP contribution in [0.2, 0.25) is 0 Å². The molecule has 24 heavy (non-hydrogen) atoms. The summed E-state index contributed by atoms with van der Waals surface area (Å²) in [4.78, 5) is 12.3. The minimum atomic E-state index is -3.48. The van der Waals surface area contributed by atoms with Gasteiger partial charge in [0.2, 0.25) is 10.0 Å². The van der Waals surface area contributed by atoms with Crippen molar-refractivity contribution in [1.29, 1.82) is 0 Å². The number of hydrogen-bond donors (Lipinski definition) is 1. The van der Waals surface area contributed by atoms with Crippen LogP contribution in [-0.2, 0) is 10.0 Å². The highest BCUT2D eigenvalue weighted by Crippen LogP contribution is 2.25. The van der Waals surface area contributed by atoms with E-state index in [9.17, 15) is 13.2 Å². The van der Waals surface area contributed by atoms with E-state index in [1.165, 1.54) is 12.1 Å². The molecule has 1 atom stereocenters. The molecule has 1 saturated heterocycles. The third kappa shape index (κ3) is 4.57. The Kier molecular flexibility index (Phi) is 6.80. The Morgan fingerprint density at radius 1 is 1.21 bits per heavy atom. The number of hydrogen-bond acceptors (Lipinski definition) is 3. The summed E-state index contributed by atoms with van der Waals surface area (Å²) in [6.07, 6.45) is 6.04. The van der Waals surface area contributed by atoms with Gasteiger partial charge in [0.1, 0.15) is 0 Å². The molecule has 0 aromatic heterocycles. The Balaban J connectivity index is 2.04. The smallest absolute Gasteiger partial charge is 0.251 e. The number of carbonyl (C=O) groups excluding carboxylic acids is 1. The lowest BCUT2D eigenvalue weighted by Gasteiger charge is -2.32. The highest BCUT2D eigenvalue weighted by molar-refractivity contribution is 7.89. The van der Waals surface area contributed by atoms with Crippen LogP contribution in [0, 0.1) is 0 Å². The molecule has 1 fully saturated rings. The number of carbonyl (C=O) groups is 1. The van der Waals surface area contributed by atoms with Crippen molar-refractivity contribution in [2.45, 2.75) is 63.3 Å². The maximum absolute atomic E-state index is 12.7. The predicted molar refractivity (Wildman–Crippen MR) is 95.5 cm³/mol. The SMILES string of the molecule is CCCCCNC(=O)c1ccc(S(=O)(=O)N2CCCC[C@H]2C)cc1. The lowest BCUT2D eigenvalue weighted by atomic mass is 10.1. The van der Waals surface area contributed by atoms with Crippen molar-refractivity contribution < 1.29 is 13.2 Å². The van der Waals surface area contributed by atoms with Crippen molar-refractivity contribution in [2.75, 3.05) is 13.1 Å². The number of piperidine rings is 1. The number of rotatable bonds is 7. The van der Waals surface area contributed by atoms with Crippen LogP contribution < -0.4 is 5.32 Å². The topological polar surface area (TPSA) is 66.5 Å². The molecule has 1 amide bonds. The van der Waals surface area contributed by atoms with Gasteiger partial charge in [-0.3, -0.25) is 4.79 Å². The summed E-state index contributed by atoms with van der Waals surface area (Å²) in [6.45, 7) is 5.29. The summed E-state index contributed by atoms with van der Waals surface area (Å²) < 4.78 is 27.1. The second-order valence-electron chi connectivity index (χ2n) is 6.45. The number of amides is 1. The molecular formula is C18H28N2O3S. The number of nitrogens with one attached hydrogen (secondary N) is 1. The summed E-state index contributed by atoms with van der Waals surface area (Å²) in [5.41, 5.74) is 0.497. The van der Waals surface area contributed by atoms with Crippen molar-refractivity contribution in [1.82, 2.24) is 9.62 Å². The highest BCUT2D eigenvalue weighted by atomic mass is 32.2. The first-order valence-electron chi connectivity index (χ1n) is 8.87. The largest absolute Gasteiger partial charge is 0.352 e. The van der Waals surface area contributed by atoms with Crippen LogP contribution in [0.15, 0.2) is 29.2 Å². The molecule has 0 unspecified atom stereocenters. The van der Waals surface area contributed by atoms with Gasteiger partial charge in [0.15, 0.2) is 0 Å². The average Bonchev–Trinajstić information content (AvgIpc) is 2.59. The van der Waals surface area contributed by atoms with Crippen LogP contribution in [0.5, 0.6) is 0 Å². The second kappa shape index (κ2) is 8.62. The Labute approximate surface area is 145 Å². The third-order valence-corrected chi connectivity index (χ3v) is 6.56. The standard InChI is InChI=1S/C18H28N2O3S/c1-3-4-6-13-19-18(21)16-9-11-17(12-10-16)24(22,23)20-14-7-5-8-15(20)2/h9-12,15H,3-8,13-14H2,1-2H3,(H,19,21)/t15-/m1/s1. The van der Waals surface area contributed by atoms with E-state index < -0.39 is 10.0 Å². The summed E-state index contributed by atoms with van der Waals surface area (Å²) in [5, 5.41) is 2.86. The monoisotopic (exact) mass is 352 g/mol. The van der Waals surface area contributed by atoms with Crippen LogP contribution in [0.25, 0.3) is 0 Å². The quantitative estimate of drug-likeness (QED) is 0.767.